The van der Waals surface area contributed by atoms with Gasteiger partial charge in [-0.3, -0.25) is 10.1 Å². The van der Waals surface area contributed by atoms with E-state index in [2.05, 4.69) is 44.4 Å². The average Bonchev–Trinajstić information content (AvgIpc) is 2.88. The first-order chi connectivity index (χ1) is 12.2. The number of rotatable bonds is 0. The normalized spacial score (nSPS) is 34.8. The second kappa shape index (κ2) is 4.60. The minimum absolute atomic E-state index is 0.0917. The van der Waals surface area contributed by atoms with Crippen molar-refractivity contribution in [2.24, 2.45) is 11.3 Å². The molecule has 2 N–H and O–H groups in total. The molecule has 0 spiro atoms. The number of hydrogen-bond acceptors (Lipinski definition) is 4. The molecule has 3 aliphatic rings. The number of urea groups is 1. The Labute approximate surface area is 156 Å². The Morgan fingerprint density at radius 3 is 2.65 bits per heavy atom. The molecular formula is C20H22N2O3S. The molecule has 2 fully saturated rings. The van der Waals surface area contributed by atoms with E-state index < -0.39 is 11.4 Å². The van der Waals surface area contributed by atoms with Crippen molar-refractivity contribution in [3.8, 4) is 5.75 Å². The van der Waals surface area contributed by atoms with Gasteiger partial charge in [-0.25, -0.2) is 4.79 Å². The zero-order chi connectivity index (χ0) is 18.6. The second-order valence-electron chi connectivity index (χ2n) is 8.28. The number of nitrogens with one attached hydrogen (secondary N) is 2. The highest BCUT2D eigenvalue weighted by molar-refractivity contribution is 7.19. The van der Waals surface area contributed by atoms with Gasteiger partial charge in [0.2, 0.25) is 5.91 Å². The molecule has 3 heterocycles. The first-order valence-electron chi connectivity index (χ1n) is 8.99. The number of thiophene rings is 1. The van der Waals surface area contributed by atoms with Gasteiger partial charge in [-0.2, -0.15) is 0 Å². The molecule has 6 heteroatoms. The lowest BCUT2D eigenvalue weighted by Gasteiger charge is -2.68. The minimum Gasteiger partial charge on any atom is -0.491 e. The maximum Gasteiger partial charge on any atom is 0.321 e. The lowest BCUT2D eigenvalue weighted by Crippen LogP contribution is -2.83. The second-order valence-corrected chi connectivity index (χ2v) is 9.51. The fourth-order valence-electron chi connectivity index (χ4n) is 5.56. The van der Waals surface area contributed by atoms with Crippen LogP contribution in [0.1, 0.15) is 35.4 Å². The summed E-state index contributed by atoms with van der Waals surface area (Å²) < 4.78 is 7.43. The van der Waals surface area contributed by atoms with Gasteiger partial charge in [0.1, 0.15) is 5.75 Å². The molecule has 1 saturated carbocycles. The number of benzene rings is 1. The Bertz CT molecular complexity index is 1030. The molecule has 0 bridgehead atoms. The number of imide groups is 1. The summed E-state index contributed by atoms with van der Waals surface area (Å²) in [6.07, 6.45) is 0. The highest BCUT2D eigenvalue weighted by Gasteiger charge is 2.75. The molecule has 0 unspecified atom stereocenters. The van der Waals surface area contributed by atoms with E-state index in [-0.39, 0.29) is 23.3 Å². The SMILES string of the molecule is Cc1sc2c3c(cc(C)c2c1C)[C@@]1(C)[C@@H](CO3)[C@H]2NC(=O)NC(=O)[C@]21C. The Morgan fingerprint density at radius 2 is 1.92 bits per heavy atom. The first-order valence-corrected chi connectivity index (χ1v) is 9.81. The van der Waals surface area contributed by atoms with E-state index in [1.807, 2.05) is 6.92 Å². The van der Waals surface area contributed by atoms with Crippen LogP contribution in [-0.4, -0.2) is 24.6 Å². The highest BCUT2D eigenvalue weighted by atomic mass is 32.1. The summed E-state index contributed by atoms with van der Waals surface area (Å²) in [5.74, 6) is 0.832. The molecule has 3 amide bonds. The molecular weight excluding hydrogens is 348 g/mol. The molecule has 0 radical (unpaired) electrons. The standard InChI is InChI=1S/C20H22N2O3S/c1-8-6-11-14(15-13(8)9(2)10(3)26-15)25-7-12-16-20(5,19(11,12)4)17(23)22-18(24)21-16/h6,12,16H,7H2,1-5H3,(H2,21,22,23,24)/t12-,16+,19-,20-/m0/s1. The van der Waals surface area contributed by atoms with Gasteiger partial charge < -0.3 is 10.1 Å². The number of carbonyl (C=O) groups excluding carboxylic acids is 2. The van der Waals surface area contributed by atoms with Crippen LogP contribution in [0.5, 0.6) is 5.75 Å². The molecule has 1 saturated heterocycles. The maximum absolute atomic E-state index is 12.9. The van der Waals surface area contributed by atoms with E-state index >= 15 is 0 Å². The van der Waals surface area contributed by atoms with Gasteiger partial charge >= 0.3 is 6.03 Å². The van der Waals surface area contributed by atoms with Crippen molar-refractivity contribution in [1.29, 1.82) is 0 Å². The summed E-state index contributed by atoms with van der Waals surface area (Å²) in [6.45, 7) is 11.1. The predicted octanol–water partition coefficient (Wildman–Crippen LogP) is 3.32. The van der Waals surface area contributed by atoms with Gasteiger partial charge in [0, 0.05) is 27.2 Å². The van der Waals surface area contributed by atoms with E-state index in [1.165, 1.54) is 26.1 Å². The summed E-state index contributed by atoms with van der Waals surface area (Å²) in [5, 5.41) is 6.71. The Hall–Kier alpha value is -2.08. The van der Waals surface area contributed by atoms with Crippen molar-refractivity contribution in [3.05, 3.63) is 27.6 Å². The van der Waals surface area contributed by atoms with E-state index in [0.717, 1.165) is 11.3 Å². The lowest BCUT2D eigenvalue weighted by atomic mass is 9.38. The first kappa shape index (κ1) is 16.1. The summed E-state index contributed by atoms with van der Waals surface area (Å²) in [4.78, 5) is 26.0. The average molecular weight is 370 g/mol. The third-order valence-electron chi connectivity index (χ3n) is 7.39. The summed E-state index contributed by atoms with van der Waals surface area (Å²) in [6, 6.07) is 1.61. The van der Waals surface area contributed by atoms with E-state index in [4.69, 9.17) is 4.74 Å². The summed E-state index contributed by atoms with van der Waals surface area (Å²) in [5.41, 5.74) is 2.59. The Morgan fingerprint density at radius 1 is 1.19 bits per heavy atom. The van der Waals surface area contributed by atoms with Crippen molar-refractivity contribution in [2.45, 2.75) is 46.1 Å². The maximum atomic E-state index is 12.9. The van der Waals surface area contributed by atoms with Crippen LogP contribution in [0.15, 0.2) is 6.07 Å². The molecule has 2 aromatic rings. The minimum atomic E-state index is -0.675. The molecule has 1 aromatic heterocycles. The zero-order valence-corrected chi connectivity index (χ0v) is 16.4. The van der Waals surface area contributed by atoms with Crippen molar-refractivity contribution in [2.75, 3.05) is 6.61 Å². The lowest BCUT2D eigenvalue weighted by molar-refractivity contribution is -0.168. The van der Waals surface area contributed by atoms with Gasteiger partial charge in [0.25, 0.3) is 0 Å². The van der Waals surface area contributed by atoms with Crippen LogP contribution in [0.3, 0.4) is 0 Å². The summed E-state index contributed by atoms with van der Waals surface area (Å²) >= 11 is 1.77. The molecule has 1 aliphatic carbocycles. The highest BCUT2D eigenvalue weighted by Crippen LogP contribution is 2.66. The monoisotopic (exact) mass is 370 g/mol. The van der Waals surface area contributed by atoms with Crippen LogP contribution in [0.2, 0.25) is 0 Å². The van der Waals surface area contributed by atoms with Crippen LogP contribution in [-0.2, 0) is 10.2 Å². The fourth-order valence-corrected chi connectivity index (χ4v) is 6.80. The van der Waals surface area contributed by atoms with Gasteiger partial charge in [-0.05, 0) is 38.8 Å². The fraction of sp³-hybridized carbons (Fsp3) is 0.500. The number of carbonyl (C=O) groups is 2. The van der Waals surface area contributed by atoms with Crippen molar-refractivity contribution in [1.82, 2.24) is 10.6 Å². The van der Waals surface area contributed by atoms with Gasteiger partial charge in [0.05, 0.1) is 22.8 Å². The van der Waals surface area contributed by atoms with E-state index in [0.29, 0.717) is 6.61 Å². The van der Waals surface area contributed by atoms with E-state index in [1.54, 1.807) is 11.3 Å². The molecule has 2 aliphatic heterocycles. The number of fused-ring (bicyclic) bond motifs is 8. The number of hydrogen-bond donors (Lipinski definition) is 2. The molecule has 1 aromatic carbocycles. The number of ether oxygens (including phenoxy) is 1. The van der Waals surface area contributed by atoms with Crippen molar-refractivity contribution < 1.29 is 14.3 Å². The van der Waals surface area contributed by atoms with Gasteiger partial charge in [-0.15, -0.1) is 11.3 Å². The molecule has 136 valence electrons. The number of amides is 3. The van der Waals surface area contributed by atoms with Crippen LogP contribution in [0.4, 0.5) is 4.79 Å². The smallest absolute Gasteiger partial charge is 0.321 e. The Kier molecular flexibility index (Phi) is 2.85. The van der Waals surface area contributed by atoms with Gasteiger partial charge in [0.15, 0.2) is 0 Å². The van der Waals surface area contributed by atoms with Crippen LogP contribution >= 0.6 is 11.3 Å². The predicted molar refractivity (Wildman–Crippen MR) is 101 cm³/mol. The van der Waals surface area contributed by atoms with Crippen molar-refractivity contribution >= 4 is 33.4 Å². The number of aryl methyl sites for hydroxylation is 3. The molecule has 4 atom stereocenters. The van der Waals surface area contributed by atoms with Crippen LogP contribution < -0.4 is 15.4 Å². The molecule has 5 rings (SSSR count). The molecule has 5 nitrogen and oxygen atoms in total. The van der Waals surface area contributed by atoms with Gasteiger partial charge in [-0.1, -0.05) is 13.0 Å². The van der Waals surface area contributed by atoms with Crippen molar-refractivity contribution in [3.63, 3.8) is 0 Å². The van der Waals surface area contributed by atoms with Crippen LogP contribution in [0.25, 0.3) is 10.1 Å². The summed E-state index contributed by atoms with van der Waals surface area (Å²) in [7, 11) is 0. The quantitative estimate of drug-likeness (QED) is 0.748. The topological polar surface area (TPSA) is 67.4 Å². The molecule has 26 heavy (non-hydrogen) atoms. The van der Waals surface area contributed by atoms with Crippen LogP contribution in [0, 0.1) is 32.1 Å². The zero-order valence-electron chi connectivity index (χ0n) is 15.6. The largest absolute Gasteiger partial charge is 0.491 e. The third-order valence-corrected chi connectivity index (χ3v) is 8.59. The van der Waals surface area contributed by atoms with E-state index in [9.17, 15) is 9.59 Å². The third kappa shape index (κ3) is 1.50. The Balaban J connectivity index is 1.78.